The van der Waals surface area contributed by atoms with E-state index in [0.717, 1.165) is 19.6 Å². The molecule has 0 amide bonds. The SMILES string of the molecule is CCCN(CC)CCO. The van der Waals surface area contributed by atoms with Crippen molar-refractivity contribution < 1.29 is 5.11 Å². The van der Waals surface area contributed by atoms with E-state index in [2.05, 4.69) is 18.7 Å². The van der Waals surface area contributed by atoms with E-state index in [0.29, 0.717) is 0 Å². The summed E-state index contributed by atoms with van der Waals surface area (Å²) < 4.78 is 0. The molecular weight excluding hydrogens is 114 g/mol. The van der Waals surface area contributed by atoms with Crippen LogP contribution in [0.15, 0.2) is 0 Å². The van der Waals surface area contributed by atoms with Crippen molar-refractivity contribution in [1.82, 2.24) is 4.90 Å². The first kappa shape index (κ1) is 8.92. The molecule has 2 nitrogen and oxygen atoms in total. The summed E-state index contributed by atoms with van der Waals surface area (Å²) >= 11 is 0. The Morgan fingerprint density at radius 1 is 1.22 bits per heavy atom. The van der Waals surface area contributed by atoms with Crippen LogP contribution in [0.2, 0.25) is 0 Å². The Labute approximate surface area is 57.5 Å². The Morgan fingerprint density at radius 2 is 1.89 bits per heavy atom. The maximum absolute atomic E-state index is 8.55. The molecule has 0 radical (unpaired) electrons. The van der Waals surface area contributed by atoms with Gasteiger partial charge < -0.3 is 10.0 Å². The number of aliphatic hydroxyl groups excluding tert-OH is 1. The van der Waals surface area contributed by atoms with Gasteiger partial charge in [0.25, 0.3) is 0 Å². The molecule has 2 heteroatoms. The van der Waals surface area contributed by atoms with E-state index < -0.39 is 0 Å². The molecule has 0 aliphatic carbocycles. The molecular formula is C7H17NO. The van der Waals surface area contributed by atoms with Gasteiger partial charge in [-0.05, 0) is 19.5 Å². The third-order valence-corrected chi connectivity index (χ3v) is 1.40. The van der Waals surface area contributed by atoms with E-state index in [1.165, 1.54) is 6.42 Å². The fourth-order valence-corrected chi connectivity index (χ4v) is 0.886. The molecule has 0 heterocycles. The number of hydrogen-bond acceptors (Lipinski definition) is 2. The molecule has 0 atom stereocenters. The van der Waals surface area contributed by atoms with Gasteiger partial charge in [-0.2, -0.15) is 0 Å². The average Bonchev–Trinajstić information content (AvgIpc) is 1.88. The monoisotopic (exact) mass is 131 g/mol. The number of hydrogen-bond donors (Lipinski definition) is 1. The van der Waals surface area contributed by atoms with E-state index in [1.807, 2.05) is 0 Å². The lowest BCUT2D eigenvalue weighted by atomic mass is 10.4. The normalized spacial score (nSPS) is 10.7. The van der Waals surface area contributed by atoms with Gasteiger partial charge in [0.1, 0.15) is 0 Å². The molecule has 56 valence electrons. The largest absolute Gasteiger partial charge is 0.395 e. The zero-order chi connectivity index (χ0) is 7.11. The van der Waals surface area contributed by atoms with Crippen molar-refractivity contribution in [3.05, 3.63) is 0 Å². The molecule has 0 saturated carbocycles. The summed E-state index contributed by atoms with van der Waals surface area (Å²) in [4.78, 5) is 2.24. The highest BCUT2D eigenvalue weighted by Gasteiger charge is 1.96. The molecule has 0 aliphatic rings. The fourth-order valence-electron chi connectivity index (χ4n) is 0.886. The van der Waals surface area contributed by atoms with Crippen LogP contribution in [0.4, 0.5) is 0 Å². The highest BCUT2D eigenvalue weighted by Crippen LogP contribution is 1.88. The molecule has 0 fully saturated rings. The van der Waals surface area contributed by atoms with Crippen LogP contribution in [-0.2, 0) is 0 Å². The van der Waals surface area contributed by atoms with Gasteiger partial charge in [-0.3, -0.25) is 0 Å². The second-order valence-electron chi connectivity index (χ2n) is 2.16. The first-order valence-corrected chi connectivity index (χ1v) is 3.68. The van der Waals surface area contributed by atoms with Crippen LogP contribution < -0.4 is 0 Å². The summed E-state index contributed by atoms with van der Waals surface area (Å²) in [5, 5.41) is 8.55. The van der Waals surface area contributed by atoms with Crippen LogP contribution in [0.1, 0.15) is 20.3 Å². The lowest BCUT2D eigenvalue weighted by molar-refractivity contribution is 0.202. The van der Waals surface area contributed by atoms with Gasteiger partial charge >= 0.3 is 0 Å². The van der Waals surface area contributed by atoms with Gasteiger partial charge in [0.15, 0.2) is 0 Å². The lowest BCUT2D eigenvalue weighted by Gasteiger charge is -2.17. The molecule has 0 spiro atoms. The fraction of sp³-hybridized carbons (Fsp3) is 1.00. The molecule has 0 unspecified atom stereocenters. The smallest absolute Gasteiger partial charge is 0.0558 e. The minimum atomic E-state index is 0.286. The molecule has 0 bridgehead atoms. The van der Waals surface area contributed by atoms with Crippen molar-refractivity contribution in [3.8, 4) is 0 Å². The van der Waals surface area contributed by atoms with E-state index in [9.17, 15) is 0 Å². The maximum Gasteiger partial charge on any atom is 0.0558 e. The number of nitrogens with zero attached hydrogens (tertiary/aromatic N) is 1. The van der Waals surface area contributed by atoms with Crippen LogP contribution in [0.5, 0.6) is 0 Å². The maximum atomic E-state index is 8.55. The van der Waals surface area contributed by atoms with Crippen molar-refractivity contribution in [2.75, 3.05) is 26.2 Å². The number of likely N-dealkylation sites (N-methyl/N-ethyl adjacent to an activating group) is 1. The lowest BCUT2D eigenvalue weighted by Crippen LogP contribution is -2.27. The van der Waals surface area contributed by atoms with Crippen molar-refractivity contribution in [2.24, 2.45) is 0 Å². The van der Waals surface area contributed by atoms with Crippen LogP contribution >= 0.6 is 0 Å². The second kappa shape index (κ2) is 6.05. The van der Waals surface area contributed by atoms with E-state index in [1.54, 1.807) is 0 Å². The Kier molecular flexibility index (Phi) is 5.99. The molecule has 0 aliphatic heterocycles. The quantitative estimate of drug-likeness (QED) is 0.594. The summed E-state index contributed by atoms with van der Waals surface area (Å²) in [5.41, 5.74) is 0. The van der Waals surface area contributed by atoms with Crippen molar-refractivity contribution in [3.63, 3.8) is 0 Å². The average molecular weight is 131 g/mol. The number of rotatable bonds is 5. The standard InChI is InChI=1S/C7H17NO/c1-3-5-8(4-2)6-7-9/h9H,3-7H2,1-2H3. The third-order valence-electron chi connectivity index (χ3n) is 1.40. The van der Waals surface area contributed by atoms with E-state index >= 15 is 0 Å². The Balaban J connectivity index is 3.18. The molecule has 0 aromatic carbocycles. The summed E-state index contributed by atoms with van der Waals surface area (Å²) in [6, 6.07) is 0. The van der Waals surface area contributed by atoms with Crippen LogP contribution in [0, 0.1) is 0 Å². The number of aliphatic hydroxyl groups is 1. The van der Waals surface area contributed by atoms with Crippen molar-refractivity contribution in [2.45, 2.75) is 20.3 Å². The van der Waals surface area contributed by atoms with Gasteiger partial charge in [0.2, 0.25) is 0 Å². The minimum Gasteiger partial charge on any atom is -0.395 e. The summed E-state index contributed by atoms with van der Waals surface area (Å²) in [6.45, 7) is 7.54. The predicted molar refractivity (Wildman–Crippen MR) is 39.5 cm³/mol. The van der Waals surface area contributed by atoms with Crippen molar-refractivity contribution >= 4 is 0 Å². The molecule has 9 heavy (non-hydrogen) atoms. The Hall–Kier alpha value is -0.0800. The highest BCUT2D eigenvalue weighted by atomic mass is 16.3. The van der Waals surface area contributed by atoms with Gasteiger partial charge in [0, 0.05) is 6.54 Å². The molecule has 0 rings (SSSR count). The molecule has 0 aromatic rings. The van der Waals surface area contributed by atoms with Crippen molar-refractivity contribution in [1.29, 1.82) is 0 Å². The summed E-state index contributed by atoms with van der Waals surface area (Å²) in [5.74, 6) is 0. The first-order valence-electron chi connectivity index (χ1n) is 3.68. The van der Waals surface area contributed by atoms with E-state index in [4.69, 9.17) is 5.11 Å². The third kappa shape index (κ3) is 4.43. The molecule has 0 aromatic heterocycles. The van der Waals surface area contributed by atoms with E-state index in [-0.39, 0.29) is 6.61 Å². The Morgan fingerprint density at radius 3 is 2.22 bits per heavy atom. The van der Waals surface area contributed by atoms with Gasteiger partial charge in [0.05, 0.1) is 6.61 Å². The summed E-state index contributed by atoms with van der Waals surface area (Å²) in [6.07, 6.45) is 1.17. The van der Waals surface area contributed by atoms with Crippen LogP contribution in [0.3, 0.4) is 0 Å². The highest BCUT2D eigenvalue weighted by molar-refractivity contribution is 4.51. The topological polar surface area (TPSA) is 23.5 Å². The summed E-state index contributed by atoms with van der Waals surface area (Å²) in [7, 11) is 0. The van der Waals surface area contributed by atoms with Gasteiger partial charge in [-0.1, -0.05) is 13.8 Å². The Bertz CT molecular complexity index is 50.9. The van der Waals surface area contributed by atoms with Crippen LogP contribution in [0.25, 0.3) is 0 Å². The zero-order valence-electron chi connectivity index (χ0n) is 6.43. The predicted octanol–water partition coefficient (Wildman–Crippen LogP) is 0.711. The second-order valence-corrected chi connectivity index (χ2v) is 2.16. The molecule has 0 saturated heterocycles. The van der Waals surface area contributed by atoms with Gasteiger partial charge in [-0.15, -0.1) is 0 Å². The first-order chi connectivity index (χ1) is 4.35. The van der Waals surface area contributed by atoms with Gasteiger partial charge in [-0.25, -0.2) is 0 Å². The minimum absolute atomic E-state index is 0.286. The zero-order valence-corrected chi connectivity index (χ0v) is 6.43. The van der Waals surface area contributed by atoms with Crippen LogP contribution in [-0.4, -0.2) is 36.2 Å². The molecule has 1 N–H and O–H groups in total.